The second-order valence-electron chi connectivity index (χ2n) is 7.21. The lowest BCUT2D eigenvalue weighted by atomic mass is 10.00. The maximum atomic E-state index is 11.9. The Kier molecular flexibility index (Phi) is 6.27. The van der Waals surface area contributed by atoms with Gasteiger partial charge in [-0.05, 0) is 18.4 Å². The first-order valence-electron chi connectivity index (χ1n) is 9.11. The molecule has 6 N–H and O–H groups in total. The summed E-state index contributed by atoms with van der Waals surface area (Å²) in [5, 5.41) is 9.39. The van der Waals surface area contributed by atoms with Crippen molar-refractivity contribution in [1.29, 1.82) is 0 Å². The Morgan fingerprint density at radius 2 is 1.91 bits per heavy atom. The number of nitrogens with zero attached hydrogens (tertiary/aromatic N) is 3. The van der Waals surface area contributed by atoms with E-state index in [0.29, 0.717) is 29.1 Å². The van der Waals surface area contributed by atoms with E-state index in [-0.39, 0.29) is 5.92 Å². The third-order valence-corrected chi connectivity index (χ3v) is 8.49. The lowest BCUT2D eigenvalue weighted by molar-refractivity contribution is 0.00209. The van der Waals surface area contributed by atoms with Crippen LogP contribution in [0.2, 0.25) is 0 Å². The highest BCUT2D eigenvalue weighted by molar-refractivity contribution is 7.66. The molecular weight excluding hydrogens is 511 g/mol. The largest absolute Gasteiger partial charge is 0.490 e. The Balaban J connectivity index is 1.45. The average molecular weight is 529 g/mol. The number of urea groups is 1. The maximum absolute atomic E-state index is 11.9. The van der Waals surface area contributed by atoms with Crippen LogP contribution in [-0.2, 0) is 31.6 Å². The number of ether oxygens (including phenoxy) is 1. The number of hydrogen-bond acceptors (Lipinski definition) is 10. The molecule has 0 aliphatic carbocycles. The van der Waals surface area contributed by atoms with Gasteiger partial charge in [0.25, 0.3) is 0 Å². The van der Waals surface area contributed by atoms with E-state index in [4.69, 9.17) is 14.5 Å². The summed E-state index contributed by atoms with van der Waals surface area (Å²) in [6.45, 7) is 1.28. The summed E-state index contributed by atoms with van der Waals surface area (Å²) in [6, 6.07) is 1.20. The van der Waals surface area contributed by atoms with Crippen LogP contribution < -0.4 is 10.6 Å². The number of hydrogen-bond donors (Lipinski definition) is 6. The van der Waals surface area contributed by atoms with Crippen molar-refractivity contribution in [3.63, 3.8) is 0 Å². The fourth-order valence-corrected chi connectivity index (χ4v) is 6.65. The Labute approximate surface area is 184 Å². The normalized spacial score (nSPS) is 26.5. The van der Waals surface area contributed by atoms with Gasteiger partial charge in [-0.15, -0.1) is 0 Å². The SMILES string of the molecule is C[C@H]1C[C@@H](COP(=O)(O)OP(=O)(O)OP(=O)(O)O)O[C@H]1c1cc2c3c(ncnn13)NC(=O)N2. The number of phosphoric acid groups is 3. The van der Waals surface area contributed by atoms with E-state index in [1.807, 2.05) is 6.92 Å². The van der Waals surface area contributed by atoms with Crippen molar-refractivity contribution in [1.82, 2.24) is 14.6 Å². The van der Waals surface area contributed by atoms with E-state index in [0.717, 1.165) is 0 Å². The molecule has 5 atom stereocenters. The maximum Gasteiger partial charge on any atom is 0.490 e. The van der Waals surface area contributed by atoms with Crippen molar-refractivity contribution in [3.8, 4) is 0 Å². The zero-order valence-corrected chi connectivity index (χ0v) is 19.2. The Bertz CT molecular complexity index is 1250. The van der Waals surface area contributed by atoms with Crippen LogP contribution in [0.1, 0.15) is 25.1 Å². The van der Waals surface area contributed by atoms with Gasteiger partial charge >= 0.3 is 29.5 Å². The summed E-state index contributed by atoms with van der Waals surface area (Å²) in [5.41, 5.74) is 1.57. The summed E-state index contributed by atoms with van der Waals surface area (Å²) >= 11 is 0. The molecule has 33 heavy (non-hydrogen) atoms. The summed E-state index contributed by atoms with van der Waals surface area (Å²) in [5.74, 6) is 0.165. The van der Waals surface area contributed by atoms with Crippen LogP contribution >= 0.6 is 23.5 Å². The summed E-state index contributed by atoms with van der Waals surface area (Å²) in [4.78, 5) is 51.7. The Morgan fingerprint density at radius 1 is 1.18 bits per heavy atom. The molecule has 0 bridgehead atoms. The van der Waals surface area contributed by atoms with Gasteiger partial charge in [-0.2, -0.15) is 13.7 Å². The van der Waals surface area contributed by atoms with E-state index in [1.165, 1.54) is 10.8 Å². The first-order valence-corrected chi connectivity index (χ1v) is 13.6. The van der Waals surface area contributed by atoms with Crippen molar-refractivity contribution in [3.05, 3.63) is 18.1 Å². The van der Waals surface area contributed by atoms with E-state index in [2.05, 4.69) is 33.9 Å². The number of carbonyl (C=O) groups excluding carboxylic acids is 1. The second-order valence-corrected chi connectivity index (χ2v) is 11.6. The number of nitrogens with one attached hydrogen (secondary N) is 2. The van der Waals surface area contributed by atoms with Crippen molar-refractivity contribution in [2.45, 2.75) is 25.6 Å². The van der Waals surface area contributed by atoms with Gasteiger partial charge < -0.3 is 29.6 Å². The first kappa shape index (κ1) is 24.4. The molecule has 0 radical (unpaired) electrons. The average Bonchev–Trinajstić information content (AvgIpc) is 3.18. The van der Waals surface area contributed by atoms with Gasteiger partial charge in [0.1, 0.15) is 17.9 Å². The van der Waals surface area contributed by atoms with Gasteiger partial charge in [0.15, 0.2) is 5.82 Å². The van der Waals surface area contributed by atoms with Crippen molar-refractivity contribution >= 4 is 46.5 Å². The van der Waals surface area contributed by atoms with Crippen LogP contribution in [0, 0.1) is 5.92 Å². The molecule has 2 unspecified atom stereocenters. The van der Waals surface area contributed by atoms with Crippen LogP contribution in [0.5, 0.6) is 0 Å². The third kappa shape index (κ3) is 5.50. The molecule has 2 aromatic heterocycles. The minimum Gasteiger partial charge on any atom is -0.366 e. The smallest absolute Gasteiger partial charge is 0.366 e. The van der Waals surface area contributed by atoms with Gasteiger partial charge in [-0.1, -0.05) is 6.92 Å². The number of aromatic nitrogens is 3. The molecule has 4 rings (SSSR count). The highest BCUT2D eigenvalue weighted by Crippen LogP contribution is 2.66. The summed E-state index contributed by atoms with van der Waals surface area (Å²) in [7, 11) is -16.3. The van der Waals surface area contributed by atoms with Crippen molar-refractivity contribution in [2.24, 2.45) is 5.92 Å². The lowest BCUT2D eigenvalue weighted by Gasteiger charge is -2.18. The minimum absolute atomic E-state index is 0.145. The topological polar surface area (TPSA) is 240 Å². The number of amides is 2. The number of phosphoric ester groups is 1. The number of anilines is 2. The van der Waals surface area contributed by atoms with Crippen LogP contribution in [0.25, 0.3) is 5.52 Å². The Hall–Kier alpha value is -1.74. The van der Waals surface area contributed by atoms with Gasteiger partial charge in [0.2, 0.25) is 0 Å². The van der Waals surface area contributed by atoms with E-state index in [9.17, 15) is 28.3 Å². The molecule has 0 aromatic carbocycles. The number of carbonyl (C=O) groups is 1. The molecule has 1 fully saturated rings. The zero-order chi connectivity index (χ0) is 24.2. The molecule has 4 heterocycles. The minimum atomic E-state index is -5.60. The fraction of sp³-hybridized carbons (Fsp3) is 0.462. The monoisotopic (exact) mass is 529 g/mol. The fourth-order valence-electron chi connectivity index (χ4n) is 3.60. The van der Waals surface area contributed by atoms with Crippen LogP contribution in [0.4, 0.5) is 16.3 Å². The lowest BCUT2D eigenvalue weighted by Crippen LogP contribution is -2.24. The Morgan fingerprint density at radius 3 is 2.61 bits per heavy atom. The molecule has 1 saturated heterocycles. The molecule has 0 spiro atoms. The molecule has 17 nitrogen and oxygen atoms in total. The second kappa shape index (κ2) is 8.48. The van der Waals surface area contributed by atoms with Gasteiger partial charge in [0.05, 0.1) is 24.1 Å². The first-order chi connectivity index (χ1) is 15.2. The summed E-state index contributed by atoms with van der Waals surface area (Å²) in [6.07, 6.45) is 0.265. The van der Waals surface area contributed by atoms with Gasteiger partial charge in [-0.3, -0.25) is 9.84 Å². The van der Waals surface area contributed by atoms with Crippen LogP contribution in [0.3, 0.4) is 0 Å². The standard InChI is InChI=1S/C13H18N5O12P3/c1-6-2-7(4-27-32(23,24)30-33(25,26)29-31(20,21)22)28-11(6)9-3-8-10-12(17-13(19)16-8)14-5-15-18(9)10/h3,5-7,11H,2,4H2,1H3,(H,23,24)(H,25,26)(H2,20,21,22)(H2,14,15,16,17,19)/t6-,7-,11+/m0/s1. The highest BCUT2D eigenvalue weighted by Gasteiger charge is 2.42. The molecule has 20 heteroatoms. The van der Waals surface area contributed by atoms with Crippen LogP contribution in [0.15, 0.2) is 12.4 Å². The molecule has 182 valence electrons. The molecular formula is C13H18N5O12P3. The predicted molar refractivity (Wildman–Crippen MR) is 107 cm³/mol. The molecule has 2 aliphatic rings. The molecule has 2 aliphatic heterocycles. The summed E-state index contributed by atoms with van der Waals surface area (Å²) < 4.78 is 53.5. The molecule has 2 amide bonds. The van der Waals surface area contributed by atoms with Crippen molar-refractivity contribution < 1.29 is 55.9 Å². The van der Waals surface area contributed by atoms with E-state index < -0.39 is 48.3 Å². The third-order valence-electron chi connectivity index (χ3n) is 4.68. The van der Waals surface area contributed by atoms with Gasteiger partial charge in [-0.25, -0.2) is 28.0 Å². The highest BCUT2D eigenvalue weighted by atomic mass is 31.3. The number of rotatable bonds is 8. The molecule has 0 saturated carbocycles. The predicted octanol–water partition coefficient (Wildman–Crippen LogP) is 1.50. The van der Waals surface area contributed by atoms with E-state index >= 15 is 0 Å². The molecule has 2 aromatic rings. The quantitative estimate of drug-likeness (QED) is 0.266. The van der Waals surface area contributed by atoms with Crippen molar-refractivity contribution in [2.75, 3.05) is 17.2 Å². The van der Waals surface area contributed by atoms with Crippen LogP contribution in [-0.4, -0.2) is 52.9 Å². The van der Waals surface area contributed by atoms with Gasteiger partial charge in [0, 0.05) is 0 Å². The van der Waals surface area contributed by atoms with E-state index in [1.54, 1.807) is 6.07 Å². The zero-order valence-electron chi connectivity index (χ0n) is 16.5.